The van der Waals surface area contributed by atoms with Crippen molar-refractivity contribution in [2.45, 2.75) is 52.5 Å². The molecule has 1 aromatic heterocycles. The van der Waals surface area contributed by atoms with Gasteiger partial charge in [0.2, 0.25) is 5.91 Å². The van der Waals surface area contributed by atoms with E-state index < -0.39 is 0 Å². The number of anilines is 1. The zero-order chi connectivity index (χ0) is 24.4. The standard InChI is InChI=1S/C30H33N3O2/c1-21-10-12-26(13-11-21)35-15-7-6-14-32-28-9-5-4-8-27(28)31-30(32)24-19-29(34)33(20-24)25-17-22(2)16-23(3)18-25/h4-5,8-13,16-18,24H,6-7,14-15,19-20H2,1-3H3. The molecule has 1 aliphatic rings. The number of fused-ring (bicyclic) bond motifs is 1. The zero-order valence-electron chi connectivity index (χ0n) is 20.8. The molecule has 1 aliphatic heterocycles. The molecule has 0 spiro atoms. The molecule has 0 aliphatic carbocycles. The number of aryl methyl sites for hydroxylation is 4. The summed E-state index contributed by atoms with van der Waals surface area (Å²) in [6.07, 6.45) is 2.44. The summed E-state index contributed by atoms with van der Waals surface area (Å²) in [5.74, 6) is 2.19. The van der Waals surface area contributed by atoms with Gasteiger partial charge in [0, 0.05) is 31.1 Å². The molecule has 1 unspecified atom stereocenters. The molecule has 4 aromatic rings. The molecule has 5 heteroatoms. The highest BCUT2D eigenvalue weighted by atomic mass is 16.5. The molecule has 2 heterocycles. The van der Waals surface area contributed by atoms with E-state index in [4.69, 9.17) is 9.72 Å². The van der Waals surface area contributed by atoms with Gasteiger partial charge in [-0.1, -0.05) is 35.9 Å². The van der Waals surface area contributed by atoms with Gasteiger partial charge in [-0.05, 0) is 81.1 Å². The van der Waals surface area contributed by atoms with Crippen LogP contribution >= 0.6 is 0 Å². The van der Waals surface area contributed by atoms with Crippen LogP contribution in [0.3, 0.4) is 0 Å². The number of unbranched alkanes of at least 4 members (excludes halogenated alkanes) is 1. The van der Waals surface area contributed by atoms with Gasteiger partial charge in [-0.25, -0.2) is 4.98 Å². The summed E-state index contributed by atoms with van der Waals surface area (Å²) in [5, 5.41) is 0. The van der Waals surface area contributed by atoms with Gasteiger partial charge in [-0.3, -0.25) is 4.79 Å². The Morgan fingerprint density at radius 1 is 0.914 bits per heavy atom. The van der Waals surface area contributed by atoms with Crippen molar-refractivity contribution in [3.63, 3.8) is 0 Å². The van der Waals surface area contributed by atoms with Crippen LogP contribution in [0.25, 0.3) is 11.0 Å². The molecular formula is C30H33N3O2. The lowest BCUT2D eigenvalue weighted by Gasteiger charge is -2.19. The predicted octanol–water partition coefficient (Wildman–Crippen LogP) is 6.34. The number of hydrogen-bond donors (Lipinski definition) is 0. The quantitative estimate of drug-likeness (QED) is 0.284. The van der Waals surface area contributed by atoms with Crippen LogP contribution in [-0.2, 0) is 11.3 Å². The number of amides is 1. The molecule has 1 amide bonds. The Balaban J connectivity index is 1.30. The van der Waals surface area contributed by atoms with Crippen LogP contribution in [0, 0.1) is 20.8 Å². The molecule has 0 saturated carbocycles. The second-order valence-corrected chi connectivity index (χ2v) is 9.73. The van der Waals surface area contributed by atoms with E-state index in [0.29, 0.717) is 19.6 Å². The summed E-state index contributed by atoms with van der Waals surface area (Å²) in [7, 11) is 0. The number of nitrogens with zero attached hydrogens (tertiary/aromatic N) is 3. The van der Waals surface area contributed by atoms with E-state index in [9.17, 15) is 4.79 Å². The Morgan fingerprint density at radius 2 is 1.66 bits per heavy atom. The molecule has 1 fully saturated rings. The molecule has 1 saturated heterocycles. The summed E-state index contributed by atoms with van der Waals surface area (Å²) >= 11 is 0. The van der Waals surface area contributed by atoms with Crippen molar-refractivity contribution in [2.24, 2.45) is 0 Å². The Labute approximate surface area is 207 Å². The molecule has 180 valence electrons. The smallest absolute Gasteiger partial charge is 0.227 e. The van der Waals surface area contributed by atoms with E-state index in [-0.39, 0.29) is 11.8 Å². The van der Waals surface area contributed by atoms with Gasteiger partial charge in [0.25, 0.3) is 0 Å². The summed E-state index contributed by atoms with van der Waals surface area (Å²) in [5.41, 5.74) is 6.71. The summed E-state index contributed by atoms with van der Waals surface area (Å²) < 4.78 is 8.24. The molecule has 0 bridgehead atoms. The van der Waals surface area contributed by atoms with E-state index in [0.717, 1.165) is 47.7 Å². The molecular weight excluding hydrogens is 434 g/mol. The fraction of sp³-hybridized carbons (Fsp3) is 0.333. The van der Waals surface area contributed by atoms with Crippen LogP contribution < -0.4 is 9.64 Å². The van der Waals surface area contributed by atoms with Gasteiger partial charge in [0.15, 0.2) is 0 Å². The lowest BCUT2D eigenvalue weighted by molar-refractivity contribution is -0.117. The van der Waals surface area contributed by atoms with E-state index in [1.54, 1.807) is 0 Å². The predicted molar refractivity (Wildman–Crippen MR) is 141 cm³/mol. The van der Waals surface area contributed by atoms with Gasteiger partial charge < -0.3 is 14.2 Å². The van der Waals surface area contributed by atoms with E-state index >= 15 is 0 Å². The van der Waals surface area contributed by atoms with Crippen molar-refractivity contribution in [3.8, 4) is 5.75 Å². The number of imidazole rings is 1. The van der Waals surface area contributed by atoms with Crippen LogP contribution in [0.2, 0.25) is 0 Å². The average Bonchev–Trinajstić information content (AvgIpc) is 3.40. The zero-order valence-corrected chi connectivity index (χ0v) is 20.8. The number of carbonyl (C=O) groups excluding carboxylic acids is 1. The Kier molecular flexibility index (Phi) is 6.58. The molecule has 3 aromatic carbocycles. The van der Waals surface area contributed by atoms with Crippen LogP contribution in [0.4, 0.5) is 5.69 Å². The number of benzene rings is 3. The normalized spacial score (nSPS) is 15.8. The van der Waals surface area contributed by atoms with E-state index in [2.05, 4.69) is 73.9 Å². The maximum Gasteiger partial charge on any atom is 0.227 e. The third-order valence-electron chi connectivity index (χ3n) is 6.76. The lowest BCUT2D eigenvalue weighted by Crippen LogP contribution is -2.24. The molecule has 0 radical (unpaired) electrons. The van der Waals surface area contributed by atoms with Crippen molar-refractivity contribution >= 4 is 22.6 Å². The first-order chi connectivity index (χ1) is 17.0. The highest BCUT2D eigenvalue weighted by Crippen LogP contribution is 2.34. The molecule has 0 N–H and O–H groups in total. The van der Waals surface area contributed by atoms with Crippen molar-refractivity contribution in [2.75, 3.05) is 18.1 Å². The van der Waals surface area contributed by atoms with Crippen LogP contribution in [0.5, 0.6) is 5.75 Å². The maximum atomic E-state index is 13.0. The highest BCUT2D eigenvalue weighted by molar-refractivity contribution is 5.96. The van der Waals surface area contributed by atoms with E-state index in [1.807, 2.05) is 23.1 Å². The van der Waals surface area contributed by atoms with Gasteiger partial charge >= 0.3 is 0 Å². The van der Waals surface area contributed by atoms with Crippen molar-refractivity contribution in [3.05, 3.63) is 89.2 Å². The minimum absolute atomic E-state index is 0.0829. The number of para-hydroxylation sites is 2. The van der Waals surface area contributed by atoms with Gasteiger partial charge in [-0.2, -0.15) is 0 Å². The maximum absolute atomic E-state index is 13.0. The van der Waals surface area contributed by atoms with Crippen LogP contribution in [0.1, 0.15) is 47.7 Å². The first-order valence-corrected chi connectivity index (χ1v) is 12.5. The third kappa shape index (κ3) is 5.09. The van der Waals surface area contributed by atoms with Crippen molar-refractivity contribution < 1.29 is 9.53 Å². The Bertz CT molecular complexity index is 1320. The van der Waals surface area contributed by atoms with Crippen molar-refractivity contribution in [1.29, 1.82) is 0 Å². The molecule has 35 heavy (non-hydrogen) atoms. The Hall–Kier alpha value is -3.60. The number of hydrogen-bond acceptors (Lipinski definition) is 3. The number of aromatic nitrogens is 2. The SMILES string of the molecule is Cc1ccc(OCCCCn2c(C3CC(=O)N(c4cc(C)cc(C)c4)C3)nc3ccccc32)cc1. The summed E-state index contributed by atoms with van der Waals surface area (Å²) in [6, 6.07) is 22.8. The Morgan fingerprint density at radius 3 is 2.43 bits per heavy atom. The fourth-order valence-corrected chi connectivity index (χ4v) is 5.07. The first kappa shape index (κ1) is 23.2. The van der Waals surface area contributed by atoms with Gasteiger partial charge in [0.1, 0.15) is 11.6 Å². The van der Waals surface area contributed by atoms with Crippen LogP contribution in [0.15, 0.2) is 66.7 Å². The summed E-state index contributed by atoms with van der Waals surface area (Å²) in [4.78, 5) is 20.0. The van der Waals surface area contributed by atoms with Crippen LogP contribution in [-0.4, -0.2) is 28.6 Å². The average molecular weight is 468 g/mol. The number of ether oxygens (including phenoxy) is 1. The number of carbonyl (C=O) groups is 1. The molecule has 5 rings (SSSR count). The highest BCUT2D eigenvalue weighted by Gasteiger charge is 2.34. The molecule has 1 atom stereocenters. The van der Waals surface area contributed by atoms with E-state index in [1.165, 1.54) is 16.7 Å². The second-order valence-electron chi connectivity index (χ2n) is 9.73. The largest absolute Gasteiger partial charge is 0.494 e. The number of rotatable bonds is 8. The minimum Gasteiger partial charge on any atom is -0.494 e. The topological polar surface area (TPSA) is 47.4 Å². The summed E-state index contributed by atoms with van der Waals surface area (Å²) in [6.45, 7) is 8.46. The van der Waals surface area contributed by atoms with Gasteiger partial charge in [-0.15, -0.1) is 0 Å². The minimum atomic E-state index is 0.0829. The molecule has 5 nitrogen and oxygen atoms in total. The third-order valence-corrected chi connectivity index (χ3v) is 6.76. The monoisotopic (exact) mass is 467 g/mol. The first-order valence-electron chi connectivity index (χ1n) is 12.5. The second kappa shape index (κ2) is 9.95. The van der Waals surface area contributed by atoms with Crippen molar-refractivity contribution in [1.82, 2.24) is 9.55 Å². The lowest BCUT2D eigenvalue weighted by atomic mass is 10.1. The van der Waals surface area contributed by atoms with Gasteiger partial charge in [0.05, 0.1) is 17.6 Å². The fourth-order valence-electron chi connectivity index (χ4n) is 5.07.